The van der Waals surface area contributed by atoms with E-state index in [0.29, 0.717) is 32.1 Å². The maximum absolute atomic E-state index is 12.3. The van der Waals surface area contributed by atoms with Gasteiger partial charge < -0.3 is 15.8 Å². The molecule has 8 nitrogen and oxygen atoms in total. The van der Waals surface area contributed by atoms with E-state index >= 15 is 0 Å². The molecular formula is C11H16N4O4S. The van der Waals surface area contributed by atoms with Crippen molar-refractivity contribution in [2.75, 3.05) is 38.2 Å². The van der Waals surface area contributed by atoms with Gasteiger partial charge in [0, 0.05) is 19.3 Å². The zero-order chi connectivity index (χ0) is 14.6. The van der Waals surface area contributed by atoms with E-state index in [1.807, 2.05) is 0 Å². The Hall–Kier alpha value is -1.71. The molecule has 0 aromatic carbocycles. The van der Waals surface area contributed by atoms with Gasteiger partial charge >= 0.3 is 0 Å². The highest BCUT2D eigenvalue weighted by atomic mass is 32.2. The summed E-state index contributed by atoms with van der Waals surface area (Å²) in [5.74, 6) is -0.124. The minimum Gasteiger partial charge on any atom is -0.379 e. The monoisotopic (exact) mass is 300 g/mol. The number of carbonyl (C=O) groups excluding carboxylic acids is 1. The van der Waals surface area contributed by atoms with E-state index in [2.05, 4.69) is 10.3 Å². The number of hydrogen-bond acceptors (Lipinski definition) is 6. The van der Waals surface area contributed by atoms with Crippen molar-refractivity contribution in [3.8, 4) is 0 Å². The van der Waals surface area contributed by atoms with Crippen LogP contribution < -0.4 is 11.1 Å². The maximum atomic E-state index is 12.3. The molecule has 0 bridgehead atoms. The first-order chi connectivity index (χ1) is 9.50. The van der Waals surface area contributed by atoms with Crippen molar-refractivity contribution in [1.82, 2.24) is 9.29 Å². The fourth-order valence-electron chi connectivity index (χ4n) is 1.75. The van der Waals surface area contributed by atoms with Crippen LogP contribution in [0.1, 0.15) is 0 Å². The Morgan fingerprint density at radius 3 is 2.65 bits per heavy atom. The Labute approximate surface area is 117 Å². The first kappa shape index (κ1) is 14.7. The molecule has 110 valence electrons. The summed E-state index contributed by atoms with van der Waals surface area (Å²) in [4.78, 5) is 14.7. The van der Waals surface area contributed by atoms with Gasteiger partial charge in [0.25, 0.3) is 0 Å². The summed E-state index contributed by atoms with van der Waals surface area (Å²) in [5.41, 5.74) is 4.99. The van der Waals surface area contributed by atoms with E-state index in [0.717, 1.165) is 0 Å². The standard InChI is InChI=1S/C11H16N4O4S/c12-10(16)8-14-11-2-1-9(7-13-11)20(17,18)15-3-5-19-6-4-15/h1-2,7H,3-6,8H2,(H2,12,16)(H,13,14). The zero-order valence-electron chi connectivity index (χ0n) is 10.8. The van der Waals surface area contributed by atoms with E-state index in [4.69, 9.17) is 10.5 Å². The average Bonchev–Trinajstić information content (AvgIpc) is 2.46. The van der Waals surface area contributed by atoms with Gasteiger partial charge in [-0.1, -0.05) is 0 Å². The predicted octanol–water partition coefficient (Wildman–Crippen LogP) is -1.00. The molecule has 0 aliphatic carbocycles. The predicted molar refractivity (Wildman–Crippen MR) is 71.5 cm³/mol. The molecule has 1 aliphatic rings. The Bertz CT molecular complexity index is 567. The average molecular weight is 300 g/mol. The summed E-state index contributed by atoms with van der Waals surface area (Å²) in [5, 5.41) is 2.69. The molecule has 1 aromatic rings. The fraction of sp³-hybridized carbons (Fsp3) is 0.455. The molecule has 20 heavy (non-hydrogen) atoms. The molecule has 1 fully saturated rings. The molecule has 1 aromatic heterocycles. The Balaban J connectivity index is 2.10. The summed E-state index contributed by atoms with van der Waals surface area (Å²) < 4.78 is 31.1. The van der Waals surface area contributed by atoms with Crippen molar-refractivity contribution in [3.05, 3.63) is 18.3 Å². The van der Waals surface area contributed by atoms with Crippen LogP contribution in [0.2, 0.25) is 0 Å². The number of aromatic nitrogens is 1. The molecule has 2 heterocycles. The number of hydrogen-bond donors (Lipinski definition) is 2. The van der Waals surface area contributed by atoms with Crippen LogP contribution in [0.5, 0.6) is 0 Å². The molecule has 0 atom stereocenters. The molecule has 1 saturated heterocycles. The van der Waals surface area contributed by atoms with E-state index in [9.17, 15) is 13.2 Å². The minimum absolute atomic E-state index is 0.0530. The van der Waals surface area contributed by atoms with Crippen molar-refractivity contribution in [2.45, 2.75) is 4.90 Å². The van der Waals surface area contributed by atoms with Crippen LogP contribution in [-0.4, -0.2) is 56.5 Å². The quantitative estimate of drug-likeness (QED) is 0.721. The number of ether oxygens (including phenoxy) is 1. The van der Waals surface area contributed by atoms with Crippen molar-refractivity contribution in [3.63, 3.8) is 0 Å². The van der Waals surface area contributed by atoms with Gasteiger partial charge in [-0.15, -0.1) is 0 Å². The Morgan fingerprint density at radius 1 is 1.40 bits per heavy atom. The van der Waals surface area contributed by atoms with Gasteiger partial charge in [0.2, 0.25) is 15.9 Å². The van der Waals surface area contributed by atoms with E-state index in [-0.39, 0.29) is 11.4 Å². The lowest BCUT2D eigenvalue weighted by Gasteiger charge is -2.25. The molecule has 0 radical (unpaired) electrons. The topological polar surface area (TPSA) is 115 Å². The lowest BCUT2D eigenvalue weighted by atomic mass is 10.4. The van der Waals surface area contributed by atoms with Crippen molar-refractivity contribution < 1.29 is 17.9 Å². The summed E-state index contributed by atoms with van der Waals surface area (Å²) >= 11 is 0. The van der Waals surface area contributed by atoms with E-state index in [1.165, 1.54) is 22.6 Å². The molecule has 2 rings (SSSR count). The van der Waals surface area contributed by atoms with E-state index in [1.54, 1.807) is 0 Å². The second-order valence-corrected chi connectivity index (χ2v) is 6.15. The third-order valence-electron chi connectivity index (χ3n) is 2.79. The number of amides is 1. The van der Waals surface area contributed by atoms with Crippen LogP contribution in [0.25, 0.3) is 0 Å². The van der Waals surface area contributed by atoms with Crippen molar-refractivity contribution in [1.29, 1.82) is 0 Å². The molecule has 1 aliphatic heterocycles. The SMILES string of the molecule is NC(=O)CNc1ccc(S(=O)(=O)N2CCOCC2)cn1. The summed E-state index contributed by atoms with van der Waals surface area (Å²) in [6.45, 7) is 1.41. The van der Waals surface area contributed by atoms with Gasteiger partial charge in [0.1, 0.15) is 10.7 Å². The number of pyridine rings is 1. The maximum Gasteiger partial charge on any atom is 0.244 e. The highest BCUT2D eigenvalue weighted by Gasteiger charge is 2.26. The third kappa shape index (κ3) is 3.44. The summed E-state index contributed by atoms with van der Waals surface area (Å²) in [7, 11) is -3.54. The molecule has 3 N–H and O–H groups in total. The van der Waals surface area contributed by atoms with Gasteiger partial charge in [0.15, 0.2) is 0 Å². The van der Waals surface area contributed by atoms with Crippen molar-refractivity contribution >= 4 is 21.7 Å². The van der Waals surface area contributed by atoms with Crippen LogP contribution in [0.3, 0.4) is 0 Å². The fourth-order valence-corrected chi connectivity index (χ4v) is 3.11. The van der Waals surface area contributed by atoms with Gasteiger partial charge in [-0.25, -0.2) is 13.4 Å². The number of sulfonamides is 1. The van der Waals surface area contributed by atoms with Crippen molar-refractivity contribution in [2.24, 2.45) is 5.73 Å². The number of primary amides is 1. The smallest absolute Gasteiger partial charge is 0.244 e. The number of carbonyl (C=O) groups is 1. The number of nitrogens with one attached hydrogen (secondary N) is 1. The zero-order valence-corrected chi connectivity index (χ0v) is 11.6. The second-order valence-electron chi connectivity index (χ2n) is 4.22. The van der Waals surface area contributed by atoms with Crippen LogP contribution >= 0.6 is 0 Å². The van der Waals surface area contributed by atoms with Crippen LogP contribution in [-0.2, 0) is 19.6 Å². The first-order valence-electron chi connectivity index (χ1n) is 6.06. The third-order valence-corrected chi connectivity index (χ3v) is 4.67. The number of nitrogens with two attached hydrogens (primary N) is 1. The second kappa shape index (κ2) is 6.16. The molecule has 9 heteroatoms. The van der Waals surface area contributed by atoms with Gasteiger partial charge in [-0.3, -0.25) is 4.79 Å². The highest BCUT2D eigenvalue weighted by molar-refractivity contribution is 7.89. The highest BCUT2D eigenvalue weighted by Crippen LogP contribution is 2.17. The first-order valence-corrected chi connectivity index (χ1v) is 7.50. The number of morpholine rings is 1. The number of anilines is 1. The Morgan fingerprint density at radius 2 is 2.10 bits per heavy atom. The van der Waals surface area contributed by atoms with Gasteiger partial charge in [-0.2, -0.15) is 4.31 Å². The molecule has 1 amide bonds. The lowest BCUT2D eigenvalue weighted by molar-refractivity contribution is -0.116. The van der Waals surface area contributed by atoms with E-state index < -0.39 is 15.9 Å². The van der Waals surface area contributed by atoms with Crippen LogP contribution in [0.4, 0.5) is 5.82 Å². The summed E-state index contributed by atoms with van der Waals surface area (Å²) in [6.07, 6.45) is 1.26. The van der Waals surface area contributed by atoms with Gasteiger partial charge in [-0.05, 0) is 12.1 Å². The largest absolute Gasteiger partial charge is 0.379 e. The summed E-state index contributed by atoms with van der Waals surface area (Å²) in [6, 6.07) is 2.94. The minimum atomic E-state index is -3.54. The number of nitrogens with zero attached hydrogens (tertiary/aromatic N) is 2. The van der Waals surface area contributed by atoms with Crippen LogP contribution in [0.15, 0.2) is 23.2 Å². The van der Waals surface area contributed by atoms with Gasteiger partial charge in [0.05, 0.1) is 19.8 Å². The molecule has 0 unspecified atom stereocenters. The van der Waals surface area contributed by atoms with Crippen LogP contribution in [0, 0.1) is 0 Å². The lowest BCUT2D eigenvalue weighted by Crippen LogP contribution is -2.40. The number of rotatable bonds is 5. The Kier molecular flexibility index (Phi) is 4.53. The molecular weight excluding hydrogens is 284 g/mol. The molecule has 0 saturated carbocycles. The normalized spacial score (nSPS) is 16.8. The molecule has 0 spiro atoms.